The topological polar surface area (TPSA) is 46.2 Å². The van der Waals surface area contributed by atoms with Gasteiger partial charge in [0.25, 0.3) is 0 Å². The lowest BCUT2D eigenvalue weighted by Gasteiger charge is -2.21. The third kappa shape index (κ3) is 8.79. The largest absolute Gasteiger partial charge is 0.392 e. The van der Waals surface area contributed by atoms with Gasteiger partial charge in [-0.15, -0.1) is 12.4 Å². The van der Waals surface area contributed by atoms with Crippen LogP contribution in [0.3, 0.4) is 0 Å². The summed E-state index contributed by atoms with van der Waals surface area (Å²) in [7, 11) is 0. The molecular formula is C11H26ClNO. The predicted octanol–water partition coefficient (Wildman–Crippen LogP) is 2.58. The smallest absolute Gasteiger partial charge is 0.0691 e. The van der Waals surface area contributed by atoms with E-state index in [1.807, 2.05) is 0 Å². The van der Waals surface area contributed by atoms with Gasteiger partial charge in [-0.2, -0.15) is 0 Å². The average molecular weight is 224 g/mol. The van der Waals surface area contributed by atoms with Crippen molar-refractivity contribution in [2.24, 2.45) is 17.6 Å². The standard InChI is InChI=1S/C11H25NO.ClH/c1-8(2)5-6-11(13)10(12)7-9(3)4;/h8-11,13H,5-7,12H2,1-4H3;1H. The Kier molecular flexibility index (Phi) is 10.1. The Morgan fingerprint density at radius 1 is 1.00 bits per heavy atom. The molecule has 2 unspecified atom stereocenters. The average Bonchev–Trinajstić information content (AvgIpc) is 1.98. The first kappa shape index (κ1) is 16.6. The van der Waals surface area contributed by atoms with Crippen LogP contribution in [-0.2, 0) is 0 Å². The SMILES string of the molecule is CC(C)CCC(O)C(N)CC(C)C.Cl. The maximum atomic E-state index is 9.69. The summed E-state index contributed by atoms with van der Waals surface area (Å²) >= 11 is 0. The van der Waals surface area contributed by atoms with Crippen molar-refractivity contribution in [2.45, 2.75) is 59.1 Å². The van der Waals surface area contributed by atoms with Gasteiger partial charge in [-0.05, 0) is 31.1 Å². The Morgan fingerprint density at radius 3 is 1.86 bits per heavy atom. The number of halogens is 1. The van der Waals surface area contributed by atoms with Crippen LogP contribution in [0.25, 0.3) is 0 Å². The molecule has 0 spiro atoms. The predicted molar refractivity (Wildman–Crippen MR) is 64.8 cm³/mol. The molecule has 3 N–H and O–H groups in total. The molecule has 0 bridgehead atoms. The number of rotatable bonds is 6. The van der Waals surface area contributed by atoms with Gasteiger partial charge in [0.15, 0.2) is 0 Å². The molecule has 0 amide bonds. The molecule has 0 aromatic rings. The molecule has 0 aliphatic heterocycles. The number of hydrogen-bond donors (Lipinski definition) is 2. The summed E-state index contributed by atoms with van der Waals surface area (Å²) in [4.78, 5) is 0. The maximum absolute atomic E-state index is 9.69. The van der Waals surface area contributed by atoms with Crippen LogP contribution in [0.5, 0.6) is 0 Å². The van der Waals surface area contributed by atoms with Crippen LogP contribution in [0.4, 0.5) is 0 Å². The highest BCUT2D eigenvalue weighted by atomic mass is 35.5. The molecule has 0 saturated heterocycles. The Labute approximate surface area is 94.7 Å². The van der Waals surface area contributed by atoms with E-state index in [1.54, 1.807) is 0 Å². The maximum Gasteiger partial charge on any atom is 0.0691 e. The lowest BCUT2D eigenvalue weighted by Crippen LogP contribution is -2.35. The van der Waals surface area contributed by atoms with Gasteiger partial charge < -0.3 is 10.8 Å². The normalized spacial score (nSPS) is 15.4. The zero-order valence-corrected chi connectivity index (χ0v) is 10.7. The van der Waals surface area contributed by atoms with Crippen molar-refractivity contribution >= 4 is 12.4 Å². The molecule has 14 heavy (non-hydrogen) atoms. The number of hydrogen-bond acceptors (Lipinski definition) is 2. The first-order valence-corrected chi connectivity index (χ1v) is 5.37. The highest BCUT2D eigenvalue weighted by Crippen LogP contribution is 2.12. The highest BCUT2D eigenvalue weighted by Gasteiger charge is 2.15. The third-order valence-corrected chi connectivity index (χ3v) is 2.28. The lowest BCUT2D eigenvalue weighted by atomic mass is 9.95. The summed E-state index contributed by atoms with van der Waals surface area (Å²) in [6, 6.07) is -0.0428. The van der Waals surface area contributed by atoms with Crippen molar-refractivity contribution in [3.05, 3.63) is 0 Å². The second-order valence-corrected chi connectivity index (χ2v) is 4.83. The molecule has 0 fully saturated rings. The molecule has 0 aliphatic carbocycles. The van der Waals surface area contributed by atoms with Gasteiger partial charge in [0.1, 0.15) is 0 Å². The van der Waals surface area contributed by atoms with E-state index in [0.717, 1.165) is 19.3 Å². The van der Waals surface area contributed by atoms with Crippen molar-refractivity contribution < 1.29 is 5.11 Å². The van der Waals surface area contributed by atoms with E-state index in [0.29, 0.717) is 11.8 Å². The van der Waals surface area contributed by atoms with E-state index < -0.39 is 0 Å². The molecule has 3 heteroatoms. The second-order valence-electron chi connectivity index (χ2n) is 4.83. The van der Waals surface area contributed by atoms with Crippen LogP contribution in [0, 0.1) is 11.8 Å². The first-order chi connectivity index (χ1) is 5.93. The van der Waals surface area contributed by atoms with E-state index in [1.165, 1.54) is 0 Å². The molecule has 0 aromatic carbocycles. The Morgan fingerprint density at radius 2 is 1.50 bits per heavy atom. The van der Waals surface area contributed by atoms with Gasteiger partial charge >= 0.3 is 0 Å². The van der Waals surface area contributed by atoms with Gasteiger partial charge in [-0.25, -0.2) is 0 Å². The molecule has 88 valence electrons. The zero-order valence-electron chi connectivity index (χ0n) is 9.86. The van der Waals surface area contributed by atoms with E-state index >= 15 is 0 Å². The van der Waals surface area contributed by atoms with Crippen molar-refractivity contribution in [3.63, 3.8) is 0 Å². The Hall–Kier alpha value is 0.210. The zero-order chi connectivity index (χ0) is 10.4. The number of aliphatic hydroxyl groups excluding tert-OH is 1. The Balaban J connectivity index is 0. The molecule has 2 atom stereocenters. The summed E-state index contributed by atoms with van der Waals surface area (Å²) in [5.74, 6) is 1.23. The van der Waals surface area contributed by atoms with Crippen LogP contribution < -0.4 is 5.73 Å². The number of aliphatic hydroxyl groups is 1. The third-order valence-electron chi connectivity index (χ3n) is 2.28. The molecular weight excluding hydrogens is 198 g/mol. The molecule has 0 heterocycles. The first-order valence-electron chi connectivity index (χ1n) is 5.37. The molecule has 0 aliphatic rings. The van der Waals surface area contributed by atoms with Crippen molar-refractivity contribution in [1.29, 1.82) is 0 Å². The minimum absolute atomic E-state index is 0. The summed E-state index contributed by atoms with van der Waals surface area (Å²) in [6.07, 6.45) is 2.50. The number of nitrogens with two attached hydrogens (primary N) is 1. The summed E-state index contributed by atoms with van der Waals surface area (Å²) in [6.45, 7) is 8.60. The van der Waals surface area contributed by atoms with Gasteiger partial charge in [0.05, 0.1) is 6.10 Å². The van der Waals surface area contributed by atoms with Crippen LogP contribution in [0.1, 0.15) is 47.0 Å². The van der Waals surface area contributed by atoms with Gasteiger partial charge in [-0.1, -0.05) is 27.7 Å². The Bertz CT molecular complexity index is 128. The fraction of sp³-hybridized carbons (Fsp3) is 1.00. The van der Waals surface area contributed by atoms with Crippen molar-refractivity contribution in [1.82, 2.24) is 0 Å². The minimum Gasteiger partial charge on any atom is -0.392 e. The van der Waals surface area contributed by atoms with Crippen LogP contribution in [0.2, 0.25) is 0 Å². The van der Waals surface area contributed by atoms with Gasteiger partial charge in [0, 0.05) is 6.04 Å². The minimum atomic E-state index is -0.315. The summed E-state index contributed by atoms with van der Waals surface area (Å²) in [5.41, 5.74) is 5.85. The monoisotopic (exact) mass is 223 g/mol. The fourth-order valence-corrected chi connectivity index (χ4v) is 1.42. The molecule has 2 nitrogen and oxygen atoms in total. The molecule has 0 saturated carbocycles. The van der Waals surface area contributed by atoms with Gasteiger partial charge in [-0.3, -0.25) is 0 Å². The van der Waals surface area contributed by atoms with Crippen LogP contribution in [0.15, 0.2) is 0 Å². The molecule has 0 rings (SSSR count). The summed E-state index contributed by atoms with van der Waals surface area (Å²) < 4.78 is 0. The summed E-state index contributed by atoms with van der Waals surface area (Å²) in [5, 5.41) is 9.69. The van der Waals surface area contributed by atoms with Crippen molar-refractivity contribution in [2.75, 3.05) is 0 Å². The van der Waals surface area contributed by atoms with E-state index in [4.69, 9.17) is 5.73 Å². The van der Waals surface area contributed by atoms with Crippen LogP contribution in [-0.4, -0.2) is 17.3 Å². The van der Waals surface area contributed by atoms with Gasteiger partial charge in [0.2, 0.25) is 0 Å². The molecule has 0 aromatic heterocycles. The van der Waals surface area contributed by atoms with E-state index in [2.05, 4.69) is 27.7 Å². The van der Waals surface area contributed by atoms with Crippen LogP contribution >= 0.6 is 12.4 Å². The quantitative estimate of drug-likeness (QED) is 0.727. The second kappa shape index (κ2) is 8.51. The lowest BCUT2D eigenvalue weighted by molar-refractivity contribution is 0.119. The fourth-order valence-electron chi connectivity index (χ4n) is 1.42. The van der Waals surface area contributed by atoms with E-state index in [9.17, 15) is 5.11 Å². The highest BCUT2D eigenvalue weighted by molar-refractivity contribution is 5.85. The van der Waals surface area contributed by atoms with Crippen molar-refractivity contribution in [3.8, 4) is 0 Å². The molecule has 0 radical (unpaired) electrons. The van der Waals surface area contributed by atoms with E-state index in [-0.39, 0.29) is 24.6 Å².